The van der Waals surface area contributed by atoms with Crippen molar-refractivity contribution >= 4 is 34.4 Å². The molecule has 0 aliphatic carbocycles. The lowest BCUT2D eigenvalue weighted by molar-refractivity contribution is -0.116. The number of imide groups is 1. The molecule has 8 heteroatoms. The first kappa shape index (κ1) is 20.6. The quantitative estimate of drug-likeness (QED) is 0.462. The van der Waals surface area contributed by atoms with Gasteiger partial charge in [0.05, 0.1) is 34.4 Å². The van der Waals surface area contributed by atoms with Gasteiger partial charge in [-0.15, -0.1) is 0 Å². The minimum atomic E-state index is -0.309. The van der Waals surface area contributed by atoms with Gasteiger partial charge in [-0.25, -0.2) is 9.67 Å². The third kappa shape index (κ3) is 3.76. The summed E-state index contributed by atoms with van der Waals surface area (Å²) in [6, 6.07) is 18.3. The van der Waals surface area contributed by atoms with Crippen LogP contribution in [0.1, 0.15) is 39.3 Å². The zero-order chi connectivity index (χ0) is 22.9. The standard InChI is InChI=1S/C25H21N5O3/c1-16-21-14-17(15-26-23(21)30(28-16)18-8-3-2-4-9-18)27-22(31)12-7-13-29-24(32)19-10-5-6-11-20(19)25(29)33/h2-6,8-11,14-15H,7,12-13H2,1H3,(H,27,31). The molecule has 0 bridgehead atoms. The summed E-state index contributed by atoms with van der Waals surface area (Å²) >= 11 is 0. The molecule has 0 radical (unpaired) electrons. The third-order valence-electron chi connectivity index (χ3n) is 5.66. The number of nitrogens with one attached hydrogen (secondary N) is 1. The van der Waals surface area contributed by atoms with Gasteiger partial charge in [0, 0.05) is 18.4 Å². The topological polar surface area (TPSA) is 97.2 Å². The number of hydrogen-bond acceptors (Lipinski definition) is 5. The Morgan fingerprint density at radius 3 is 2.33 bits per heavy atom. The van der Waals surface area contributed by atoms with Crippen molar-refractivity contribution in [2.75, 3.05) is 11.9 Å². The van der Waals surface area contributed by atoms with Gasteiger partial charge in [-0.2, -0.15) is 5.10 Å². The zero-order valence-electron chi connectivity index (χ0n) is 18.0. The smallest absolute Gasteiger partial charge is 0.261 e. The van der Waals surface area contributed by atoms with Gasteiger partial charge in [0.25, 0.3) is 11.8 Å². The van der Waals surface area contributed by atoms with Crippen LogP contribution in [0.5, 0.6) is 0 Å². The monoisotopic (exact) mass is 439 g/mol. The number of benzene rings is 2. The summed E-state index contributed by atoms with van der Waals surface area (Å²) in [6.45, 7) is 2.09. The SMILES string of the molecule is Cc1nn(-c2ccccc2)c2ncc(NC(=O)CCCN3C(=O)c4ccccc4C3=O)cc12. The minimum Gasteiger partial charge on any atom is -0.325 e. The molecule has 5 rings (SSSR count). The molecule has 1 aliphatic heterocycles. The van der Waals surface area contributed by atoms with Crippen LogP contribution >= 0.6 is 0 Å². The van der Waals surface area contributed by atoms with E-state index in [9.17, 15) is 14.4 Å². The molecule has 0 atom stereocenters. The van der Waals surface area contributed by atoms with E-state index in [1.54, 1.807) is 35.1 Å². The van der Waals surface area contributed by atoms with E-state index in [0.29, 0.717) is 28.9 Å². The fourth-order valence-corrected chi connectivity index (χ4v) is 4.02. The maximum atomic E-state index is 12.5. The van der Waals surface area contributed by atoms with Crippen LogP contribution in [0.3, 0.4) is 0 Å². The molecular formula is C25H21N5O3. The van der Waals surface area contributed by atoms with Crippen molar-refractivity contribution in [2.24, 2.45) is 0 Å². The summed E-state index contributed by atoms with van der Waals surface area (Å²) in [5.74, 6) is -0.825. The summed E-state index contributed by atoms with van der Waals surface area (Å²) in [5.41, 5.74) is 3.83. The summed E-state index contributed by atoms with van der Waals surface area (Å²) in [5, 5.41) is 8.28. The Labute approximate surface area is 189 Å². The maximum Gasteiger partial charge on any atom is 0.261 e. The van der Waals surface area contributed by atoms with Gasteiger partial charge in [-0.3, -0.25) is 19.3 Å². The molecule has 0 fully saturated rings. The molecule has 0 spiro atoms. The number of amides is 3. The second-order valence-corrected chi connectivity index (χ2v) is 7.89. The fourth-order valence-electron chi connectivity index (χ4n) is 4.02. The van der Waals surface area contributed by atoms with Crippen LogP contribution in [0.2, 0.25) is 0 Å². The van der Waals surface area contributed by atoms with Crippen LogP contribution in [0, 0.1) is 6.92 Å². The first-order valence-electron chi connectivity index (χ1n) is 10.7. The molecule has 1 aliphatic rings. The van der Waals surface area contributed by atoms with Crippen molar-refractivity contribution < 1.29 is 14.4 Å². The molecule has 0 unspecified atom stereocenters. The Kier molecular flexibility index (Phi) is 5.18. The van der Waals surface area contributed by atoms with E-state index in [2.05, 4.69) is 15.4 Å². The van der Waals surface area contributed by atoms with Crippen molar-refractivity contribution in [3.05, 3.63) is 83.7 Å². The number of fused-ring (bicyclic) bond motifs is 2. The van der Waals surface area contributed by atoms with Crippen LogP contribution in [0.4, 0.5) is 5.69 Å². The van der Waals surface area contributed by atoms with E-state index < -0.39 is 0 Å². The second kappa shape index (κ2) is 8.31. The number of carbonyl (C=O) groups excluding carboxylic acids is 3. The first-order valence-corrected chi connectivity index (χ1v) is 10.7. The van der Waals surface area contributed by atoms with Crippen molar-refractivity contribution in [3.63, 3.8) is 0 Å². The van der Waals surface area contributed by atoms with Gasteiger partial charge in [0.2, 0.25) is 5.91 Å². The molecule has 33 heavy (non-hydrogen) atoms. The molecule has 2 aromatic heterocycles. The number of anilines is 1. The predicted molar refractivity (Wildman–Crippen MR) is 123 cm³/mol. The van der Waals surface area contributed by atoms with Crippen molar-refractivity contribution in [2.45, 2.75) is 19.8 Å². The average molecular weight is 439 g/mol. The number of aryl methyl sites for hydroxylation is 1. The summed E-state index contributed by atoms with van der Waals surface area (Å²) in [4.78, 5) is 43.0. The van der Waals surface area contributed by atoms with E-state index in [0.717, 1.165) is 16.8 Å². The zero-order valence-corrected chi connectivity index (χ0v) is 18.0. The largest absolute Gasteiger partial charge is 0.325 e. The van der Waals surface area contributed by atoms with Gasteiger partial charge in [-0.05, 0) is 43.7 Å². The molecule has 0 saturated carbocycles. The highest BCUT2D eigenvalue weighted by atomic mass is 16.2. The van der Waals surface area contributed by atoms with Crippen LogP contribution < -0.4 is 5.32 Å². The van der Waals surface area contributed by atoms with E-state index in [-0.39, 0.29) is 30.7 Å². The molecule has 8 nitrogen and oxygen atoms in total. The Bertz CT molecular complexity index is 1360. The molecule has 164 valence electrons. The van der Waals surface area contributed by atoms with Crippen LogP contribution in [0.15, 0.2) is 66.9 Å². The highest BCUT2D eigenvalue weighted by Gasteiger charge is 2.34. The molecule has 2 aromatic carbocycles. The van der Waals surface area contributed by atoms with Crippen LogP contribution in [-0.4, -0.2) is 43.9 Å². The summed E-state index contributed by atoms with van der Waals surface area (Å²) in [7, 11) is 0. The Morgan fingerprint density at radius 1 is 0.970 bits per heavy atom. The predicted octanol–water partition coefficient (Wildman–Crippen LogP) is 3.74. The average Bonchev–Trinajstić information content (AvgIpc) is 3.29. The number of pyridine rings is 1. The van der Waals surface area contributed by atoms with Gasteiger partial charge >= 0.3 is 0 Å². The van der Waals surface area contributed by atoms with E-state index in [4.69, 9.17) is 0 Å². The lowest BCUT2D eigenvalue weighted by atomic mass is 10.1. The Hall–Kier alpha value is -4.33. The van der Waals surface area contributed by atoms with Gasteiger partial charge < -0.3 is 5.32 Å². The molecule has 3 heterocycles. The number of rotatable bonds is 6. The molecular weight excluding hydrogens is 418 g/mol. The molecule has 1 N–H and O–H groups in total. The number of nitrogens with zero attached hydrogens (tertiary/aromatic N) is 4. The van der Waals surface area contributed by atoms with Crippen molar-refractivity contribution in [1.82, 2.24) is 19.7 Å². The molecule has 3 amide bonds. The van der Waals surface area contributed by atoms with E-state index in [1.165, 1.54) is 4.90 Å². The minimum absolute atomic E-state index is 0.174. The lowest BCUT2D eigenvalue weighted by Crippen LogP contribution is -2.31. The highest BCUT2D eigenvalue weighted by molar-refractivity contribution is 6.21. The van der Waals surface area contributed by atoms with Crippen LogP contribution in [0.25, 0.3) is 16.7 Å². The van der Waals surface area contributed by atoms with E-state index >= 15 is 0 Å². The Balaban J connectivity index is 1.23. The number of para-hydroxylation sites is 1. The second-order valence-electron chi connectivity index (χ2n) is 7.89. The van der Waals surface area contributed by atoms with Gasteiger partial charge in [0.1, 0.15) is 0 Å². The van der Waals surface area contributed by atoms with E-state index in [1.807, 2.05) is 43.3 Å². The molecule has 4 aromatic rings. The van der Waals surface area contributed by atoms with Gasteiger partial charge in [0.15, 0.2) is 5.65 Å². The van der Waals surface area contributed by atoms with Crippen molar-refractivity contribution in [1.29, 1.82) is 0 Å². The summed E-state index contributed by atoms with van der Waals surface area (Å²) < 4.78 is 1.78. The lowest BCUT2D eigenvalue weighted by Gasteiger charge is -2.13. The number of aromatic nitrogens is 3. The fraction of sp³-hybridized carbons (Fsp3) is 0.160. The first-order chi connectivity index (χ1) is 16.0. The number of carbonyl (C=O) groups is 3. The Morgan fingerprint density at radius 2 is 1.64 bits per heavy atom. The maximum absolute atomic E-state index is 12.5. The van der Waals surface area contributed by atoms with Gasteiger partial charge in [-0.1, -0.05) is 30.3 Å². The highest BCUT2D eigenvalue weighted by Crippen LogP contribution is 2.24. The normalized spacial score (nSPS) is 12.9. The summed E-state index contributed by atoms with van der Waals surface area (Å²) in [6.07, 6.45) is 2.15. The third-order valence-corrected chi connectivity index (χ3v) is 5.66. The number of hydrogen-bond donors (Lipinski definition) is 1. The van der Waals surface area contributed by atoms with Crippen molar-refractivity contribution in [3.8, 4) is 5.69 Å². The molecule has 0 saturated heterocycles. The van der Waals surface area contributed by atoms with Crippen LogP contribution in [-0.2, 0) is 4.79 Å².